The van der Waals surface area contributed by atoms with E-state index in [1.165, 1.54) is 5.32 Å². The second-order valence-corrected chi connectivity index (χ2v) is 8.47. The summed E-state index contributed by atoms with van der Waals surface area (Å²) in [5.41, 5.74) is 4.00. The van der Waals surface area contributed by atoms with Crippen molar-refractivity contribution in [2.45, 2.75) is 44.4 Å². The fourth-order valence-corrected chi connectivity index (χ4v) is 4.01. The fourth-order valence-electron chi connectivity index (χ4n) is 4.01. The number of ether oxygens (including phenoxy) is 1. The second kappa shape index (κ2) is 10.1. The molecule has 0 radical (unpaired) electrons. The Morgan fingerprint density at radius 1 is 0.971 bits per heavy atom. The van der Waals surface area contributed by atoms with Gasteiger partial charge in [-0.25, -0.2) is 9.59 Å². The molecule has 0 heterocycles. The number of hydrogen-bond acceptors (Lipinski definition) is 4. The van der Waals surface area contributed by atoms with Gasteiger partial charge < -0.3 is 20.5 Å². The number of carbonyl (C=O) groups excluding carboxylic acids is 2. The fraction of sp³-hybridized carbons (Fsp3) is 0.375. The van der Waals surface area contributed by atoms with Crippen LogP contribution in [0.3, 0.4) is 0 Å². The number of carbonyl (C=O) groups is 3. The third-order valence-corrected chi connectivity index (χ3v) is 5.52. The number of rotatable bonds is 8. The van der Waals surface area contributed by atoms with Gasteiger partial charge >= 0.3 is 18.2 Å². The quantitative estimate of drug-likeness (QED) is 0.531. The van der Waals surface area contributed by atoms with Gasteiger partial charge in [0.05, 0.1) is 0 Å². The molecule has 0 fully saturated rings. The largest absolute Gasteiger partial charge is 0.479 e. The molecule has 1 aliphatic carbocycles. The van der Waals surface area contributed by atoms with Crippen LogP contribution in [0.2, 0.25) is 0 Å². The average Bonchev–Trinajstić information content (AvgIpc) is 3.08. The molecule has 1 aliphatic rings. The Bertz CT molecular complexity index is 1030. The lowest BCUT2D eigenvalue weighted by Crippen LogP contribution is -2.56. The van der Waals surface area contributed by atoms with E-state index in [9.17, 15) is 27.6 Å². The van der Waals surface area contributed by atoms with Crippen molar-refractivity contribution in [3.63, 3.8) is 0 Å². The van der Waals surface area contributed by atoms with Crippen LogP contribution < -0.4 is 10.6 Å². The molecule has 0 saturated carbocycles. The van der Waals surface area contributed by atoms with Crippen LogP contribution in [0.25, 0.3) is 11.1 Å². The van der Waals surface area contributed by atoms with Crippen LogP contribution >= 0.6 is 0 Å². The molecule has 0 bridgehead atoms. The maximum Gasteiger partial charge on any atom is 0.419 e. The Morgan fingerprint density at radius 2 is 1.50 bits per heavy atom. The first kappa shape index (κ1) is 25.1. The summed E-state index contributed by atoms with van der Waals surface area (Å²) in [4.78, 5) is 35.9. The Labute approximate surface area is 194 Å². The van der Waals surface area contributed by atoms with E-state index >= 15 is 0 Å². The van der Waals surface area contributed by atoms with Gasteiger partial charge in [-0.1, -0.05) is 62.4 Å². The lowest BCUT2D eigenvalue weighted by atomic mass is 9.98. The van der Waals surface area contributed by atoms with Crippen molar-refractivity contribution >= 4 is 18.0 Å². The number of alkyl halides is 3. The second-order valence-electron chi connectivity index (χ2n) is 8.47. The van der Waals surface area contributed by atoms with Crippen molar-refractivity contribution in [3.8, 4) is 11.1 Å². The zero-order valence-corrected chi connectivity index (χ0v) is 18.6. The SMILES string of the molecule is CC(C)C[C@H](NC(=O)OCC1c2ccccc2-c2ccccc21)C(=O)NC(C(=O)O)C(F)(F)F. The maximum atomic E-state index is 12.9. The van der Waals surface area contributed by atoms with Crippen LogP contribution in [0.15, 0.2) is 48.5 Å². The molecule has 2 aromatic rings. The molecule has 0 saturated heterocycles. The van der Waals surface area contributed by atoms with Gasteiger partial charge in [-0.2, -0.15) is 13.2 Å². The smallest absolute Gasteiger partial charge is 0.419 e. The molecule has 3 N–H and O–H groups in total. The van der Waals surface area contributed by atoms with E-state index in [2.05, 4.69) is 5.32 Å². The van der Waals surface area contributed by atoms with Crippen LogP contribution in [-0.4, -0.2) is 47.9 Å². The lowest BCUT2D eigenvalue weighted by Gasteiger charge is -2.24. The van der Waals surface area contributed by atoms with Gasteiger partial charge in [0.2, 0.25) is 11.9 Å². The van der Waals surface area contributed by atoms with Gasteiger partial charge in [0.25, 0.3) is 0 Å². The van der Waals surface area contributed by atoms with E-state index in [0.29, 0.717) is 0 Å². The number of nitrogens with one attached hydrogen (secondary N) is 2. The Balaban J connectivity index is 1.69. The van der Waals surface area contributed by atoms with Crippen LogP contribution in [0, 0.1) is 5.92 Å². The minimum absolute atomic E-state index is 0.0137. The highest BCUT2D eigenvalue weighted by atomic mass is 19.4. The predicted molar refractivity (Wildman–Crippen MR) is 117 cm³/mol. The van der Waals surface area contributed by atoms with E-state index in [4.69, 9.17) is 9.84 Å². The highest BCUT2D eigenvalue weighted by Crippen LogP contribution is 2.44. The number of carboxylic acid groups (broad SMARTS) is 1. The number of halogens is 3. The van der Waals surface area contributed by atoms with E-state index in [0.717, 1.165) is 22.3 Å². The van der Waals surface area contributed by atoms with E-state index in [-0.39, 0.29) is 24.9 Å². The average molecular weight is 478 g/mol. The van der Waals surface area contributed by atoms with Gasteiger partial charge in [-0.3, -0.25) is 4.79 Å². The summed E-state index contributed by atoms with van der Waals surface area (Å²) in [7, 11) is 0. The Morgan fingerprint density at radius 3 is 1.97 bits per heavy atom. The summed E-state index contributed by atoms with van der Waals surface area (Å²) in [5.74, 6) is -3.92. The molecule has 0 aliphatic heterocycles. The minimum atomic E-state index is -5.19. The first-order chi connectivity index (χ1) is 16.0. The highest BCUT2D eigenvalue weighted by Gasteiger charge is 2.47. The molecule has 3 rings (SSSR count). The van der Waals surface area contributed by atoms with Crippen molar-refractivity contribution in [1.82, 2.24) is 10.6 Å². The highest BCUT2D eigenvalue weighted by molar-refractivity contribution is 5.89. The van der Waals surface area contributed by atoms with Crippen LogP contribution in [0.4, 0.5) is 18.0 Å². The van der Waals surface area contributed by atoms with E-state index in [1.807, 2.05) is 48.5 Å². The van der Waals surface area contributed by atoms with Crippen molar-refractivity contribution in [1.29, 1.82) is 0 Å². The monoisotopic (exact) mass is 478 g/mol. The summed E-state index contributed by atoms with van der Waals surface area (Å²) >= 11 is 0. The van der Waals surface area contributed by atoms with Crippen LogP contribution in [-0.2, 0) is 14.3 Å². The summed E-state index contributed by atoms with van der Waals surface area (Å²) in [6, 6.07) is 10.9. The molecule has 182 valence electrons. The van der Waals surface area contributed by atoms with Gasteiger partial charge in [0.15, 0.2) is 0 Å². The molecule has 2 aromatic carbocycles. The third kappa shape index (κ3) is 5.67. The number of benzene rings is 2. The number of amides is 2. The first-order valence-corrected chi connectivity index (χ1v) is 10.7. The van der Waals surface area contributed by atoms with Gasteiger partial charge in [-0.15, -0.1) is 0 Å². The van der Waals surface area contributed by atoms with E-state index in [1.54, 1.807) is 13.8 Å². The third-order valence-electron chi connectivity index (χ3n) is 5.52. The molecular formula is C24H25F3N2O5. The number of fused-ring (bicyclic) bond motifs is 3. The number of alkyl carbamates (subject to hydrolysis) is 1. The zero-order valence-electron chi connectivity index (χ0n) is 18.6. The van der Waals surface area contributed by atoms with E-state index < -0.39 is 36.2 Å². The summed E-state index contributed by atoms with van der Waals surface area (Å²) < 4.78 is 44.2. The number of carboxylic acids is 1. The molecular weight excluding hydrogens is 453 g/mol. The number of hydrogen-bond donors (Lipinski definition) is 3. The lowest BCUT2D eigenvalue weighted by molar-refractivity contribution is -0.182. The predicted octanol–water partition coefficient (Wildman–Crippen LogP) is 4.07. The van der Waals surface area contributed by atoms with Gasteiger partial charge in [-0.05, 0) is 34.6 Å². The summed E-state index contributed by atoms with van der Waals surface area (Å²) in [5, 5.41) is 12.6. The Hall–Kier alpha value is -3.56. The summed E-state index contributed by atoms with van der Waals surface area (Å²) in [6.07, 6.45) is -6.19. The molecule has 2 amide bonds. The zero-order chi connectivity index (χ0) is 25.0. The van der Waals surface area contributed by atoms with Crippen molar-refractivity contribution in [2.75, 3.05) is 6.61 Å². The molecule has 34 heavy (non-hydrogen) atoms. The first-order valence-electron chi connectivity index (χ1n) is 10.7. The Kier molecular flexibility index (Phi) is 7.48. The van der Waals surface area contributed by atoms with Crippen LogP contribution in [0.5, 0.6) is 0 Å². The van der Waals surface area contributed by atoms with Crippen molar-refractivity contribution in [3.05, 3.63) is 59.7 Å². The molecule has 1 unspecified atom stereocenters. The van der Waals surface area contributed by atoms with Gasteiger partial charge in [0, 0.05) is 5.92 Å². The standard InChI is InChI=1S/C24H25F3N2O5/c1-13(2)11-19(21(30)29-20(22(31)32)24(25,26)27)28-23(33)34-12-18-16-9-5-3-7-14(16)15-8-4-6-10-17(15)18/h3-10,13,18-20H,11-12H2,1-2H3,(H,28,33)(H,29,30)(H,31,32)/t19-,20?/m0/s1. The topological polar surface area (TPSA) is 105 Å². The van der Waals surface area contributed by atoms with Crippen LogP contribution in [0.1, 0.15) is 37.3 Å². The number of aliphatic carboxylic acids is 1. The maximum absolute atomic E-state index is 12.9. The van der Waals surface area contributed by atoms with Crippen molar-refractivity contribution < 1.29 is 37.4 Å². The van der Waals surface area contributed by atoms with Crippen molar-refractivity contribution in [2.24, 2.45) is 5.92 Å². The molecule has 2 atom stereocenters. The minimum Gasteiger partial charge on any atom is -0.479 e. The normalized spacial score (nSPS) is 14.6. The molecule has 0 aromatic heterocycles. The molecule has 10 heteroatoms. The summed E-state index contributed by atoms with van der Waals surface area (Å²) in [6.45, 7) is 3.37. The van der Waals surface area contributed by atoms with Gasteiger partial charge in [0.1, 0.15) is 12.6 Å². The molecule has 0 spiro atoms. The molecule has 7 nitrogen and oxygen atoms in total.